The number of nitrogens with two attached hydrogens (primary N) is 1. The van der Waals surface area contributed by atoms with Gasteiger partial charge in [0.1, 0.15) is 5.82 Å². The van der Waals surface area contributed by atoms with E-state index in [0.29, 0.717) is 12.0 Å². The third-order valence-electron chi connectivity index (χ3n) is 5.84. The minimum Gasteiger partial charge on any atom is -0.348 e. The molecule has 1 aliphatic heterocycles. The lowest BCUT2D eigenvalue weighted by molar-refractivity contribution is 0.0921. The highest BCUT2D eigenvalue weighted by molar-refractivity contribution is 7.91. The number of carbonyl (C=O) groups is 1. The summed E-state index contributed by atoms with van der Waals surface area (Å²) in [5.74, 6) is 1.02. The van der Waals surface area contributed by atoms with Gasteiger partial charge in [-0.1, -0.05) is 12.8 Å². The Morgan fingerprint density at radius 3 is 2.74 bits per heavy atom. The van der Waals surface area contributed by atoms with Crippen LogP contribution in [-0.4, -0.2) is 47.5 Å². The van der Waals surface area contributed by atoms with Gasteiger partial charge in [-0.25, -0.2) is 13.4 Å². The van der Waals surface area contributed by atoms with E-state index in [-0.39, 0.29) is 35.5 Å². The van der Waals surface area contributed by atoms with Crippen molar-refractivity contribution in [2.75, 3.05) is 11.5 Å². The number of aryl methyl sites for hydroxylation is 1. The number of nitrogens with zero attached hydrogens (tertiary/aromatic N) is 2. The maximum Gasteiger partial charge on any atom is 0.251 e. The predicted octanol–water partition coefficient (Wildman–Crippen LogP) is 1.70. The first-order valence-corrected chi connectivity index (χ1v) is 11.4. The Labute approximate surface area is 159 Å². The molecule has 4 rings (SSSR count). The normalized spacial score (nSPS) is 27.7. The Hall–Kier alpha value is -1.93. The average molecular weight is 391 g/mol. The van der Waals surface area contributed by atoms with Crippen LogP contribution in [0, 0.1) is 6.92 Å². The molecule has 0 bridgehead atoms. The lowest BCUT2D eigenvalue weighted by atomic mass is 9.91. The summed E-state index contributed by atoms with van der Waals surface area (Å²) >= 11 is 0. The van der Waals surface area contributed by atoms with Gasteiger partial charge < -0.3 is 15.6 Å². The number of aromatic nitrogens is 2. The number of rotatable bonds is 3. The zero-order valence-electron chi connectivity index (χ0n) is 15.5. The van der Waals surface area contributed by atoms with E-state index in [0.717, 1.165) is 42.5 Å². The quantitative estimate of drug-likeness (QED) is 0.829. The highest BCUT2D eigenvalue weighted by Gasteiger charge is 2.31. The molecule has 2 aliphatic rings. The summed E-state index contributed by atoms with van der Waals surface area (Å²) in [5, 5.41) is 3.06. The van der Waals surface area contributed by atoms with E-state index < -0.39 is 9.84 Å². The first-order chi connectivity index (χ1) is 12.8. The van der Waals surface area contributed by atoms with E-state index in [9.17, 15) is 13.2 Å². The lowest BCUT2D eigenvalue weighted by Crippen LogP contribution is -2.49. The first kappa shape index (κ1) is 18.4. The van der Waals surface area contributed by atoms with Crippen molar-refractivity contribution >= 4 is 26.8 Å². The van der Waals surface area contributed by atoms with Gasteiger partial charge >= 0.3 is 0 Å². The Bertz CT molecular complexity index is 982. The van der Waals surface area contributed by atoms with E-state index in [2.05, 4.69) is 10.3 Å². The van der Waals surface area contributed by atoms with Gasteiger partial charge in [0, 0.05) is 17.6 Å². The van der Waals surface area contributed by atoms with Crippen LogP contribution in [0.15, 0.2) is 18.2 Å². The number of amides is 1. The van der Waals surface area contributed by atoms with Gasteiger partial charge in [-0.2, -0.15) is 0 Å². The third-order valence-corrected chi connectivity index (χ3v) is 7.59. The molecule has 3 atom stereocenters. The maximum atomic E-state index is 12.7. The summed E-state index contributed by atoms with van der Waals surface area (Å²) < 4.78 is 25.7. The fourth-order valence-corrected chi connectivity index (χ4v) is 6.09. The van der Waals surface area contributed by atoms with E-state index in [4.69, 9.17) is 5.73 Å². The molecular formula is C19H26N4O3S. The standard InChI is InChI=1S/C19H26N4O3S/c1-12-21-17-10-13(19(24)22-16-5-3-2-4-15(16)20)6-7-18(17)23(12)14-8-9-27(25,26)11-14/h6-7,10,14-16H,2-5,8-9,11,20H2,1H3,(H,22,24)/t14-,15-,16-/m1/s1. The van der Waals surface area contributed by atoms with Gasteiger partial charge in [0.25, 0.3) is 5.91 Å². The van der Waals surface area contributed by atoms with Gasteiger partial charge in [-0.05, 0) is 44.4 Å². The lowest BCUT2D eigenvalue weighted by Gasteiger charge is -2.29. The number of benzene rings is 1. The molecule has 3 N–H and O–H groups in total. The Morgan fingerprint density at radius 1 is 1.26 bits per heavy atom. The van der Waals surface area contributed by atoms with Crippen LogP contribution in [0.2, 0.25) is 0 Å². The van der Waals surface area contributed by atoms with E-state index in [1.165, 1.54) is 0 Å². The first-order valence-electron chi connectivity index (χ1n) is 9.59. The number of sulfone groups is 1. The average Bonchev–Trinajstić information content (AvgIpc) is 3.14. The molecule has 0 radical (unpaired) electrons. The summed E-state index contributed by atoms with van der Waals surface area (Å²) in [5.41, 5.74) is 8.29. The van der Waals surface area contributed by atoms with Gasteiger partial charge in [0.05, 0.1) is 28.6 Å². The van der Waals surface area contributed by atoms with Gasteiger partial charge in [0.15, 0.2) is 9.84 Å². The fourth-order valence-electron chi connectivity index (χ4n) is 4.39. The molecule has 1 amide bonds. The Kier molecular flexibility index (Phi) is 4.71. The molecule has 1 aromatic carbocycles. The summed E-state index contributed by atoms with van der Waals surface area (Å²) in [6.45, 7) is 1.88. The van der Waals surface area contributed by atoms with Crippen LogP contribution >= 0.6 is 0 Å². The molecule has 1 saturated heterocycles. The molecule has 0 unspecified atom stereocenters. The summed E-state index contributed by atoms with van der Waals surface area (Å²) in [6.07, 6.45) is 4.67. The number of hydrogen-bond donors (Lipinski definition) is 2. The van der Waals surface area contributed by atoms with Crippen molar-refractivity contribution < 1.29 is 13.2 Å². The van der Waals surface area contributed by atoms with Gasteiger partial charge in [-0.3, -0.25) is 4.79 Å². The van der Waals surface area contributed by atoms with Crippen LogP contribution in [0.3, 0.4) is 0 Å². The van der Waals surface area contributed by atoms with Crippen molar-refractivity contribution in [2.45, 2.75) is 57.2 Å². The van der Waals surface area contributed by atoms with E-state index in [1.54, 1.807) is 12.1 Å². The number of imidazole rings is 1. The van der Waals surface area contributed by atoms with Crippen LogP contribution < -0.4 is 11.1 Å². The minimum atomic E-state index is -2.97. The van der Waals surface area contributed by atoms with Crippen molar-refractivity contribution in [1.82, 2.24) is 14.9 Å². The van der Waals surface area contributed by atoms with Crippen molar-refractivity contribution in [3.63, 3.8) is 0 Å². The molecular weight excluding hydrogens is 364 g/mol. The largest absolute Gasteiger partial charge is 0.348 e. The molecule has 2 heterocycles. The molecule has 7 nitrogen and oxygen atoms in total. The molecule has 8 heteroatoms. The number of nitrogens with one attached hydrogen (secondary N) is 1. The Morgan fingerprint density at radius 2 is 2.04 bits per heavy atom. The number of hydrogen-bond acceptors (Lipinski definition) is 5. The summed E-state index contributed by atoms with van der Waals surface area (Å²) in [7, 11) is -2.97. The maximum absolute atomic E-state index is 12.7. The molecule has 0 spiro atoms. The molecule has 27 heavy (non-hydrogen) atoms. The summed E-state index contributed by atoms with van der Waals surface area (Å²) in [4.78, 5) is 17.2. The van der Waals surface area contributed by atoms with Crippen LogP contribution in [0.5, 0.6) is 0 Å². The van der Waals surface area contributed by atoms with E-state index in [1.807, 2.05) is 17.6 Å². The van der Waals surface area contributed by atoms with Crippen LogP contribution in [0.1, 0.15) is 54.3 Å². The van der Waals surface area contributed by atoms with Crippen LogP contribution in [-0.2, 0) is 9.84 Å². The molecule has 2 fully saturated rings. The SMILES string of the molecule is Cc1nc2cc(C(=O)N[C@@H]3CCCC[C@H]3N)ccc2n1[C@@H]1CCS(=O)(=O)C1. The highest BCUT2D eigenvalue weighted by atomic mass is 32.2. The second-order valence-corrected chi connectivity index (χ2v) is 10.0. The van der Waals surface area contributed by atoms with Gasteiger partial charge in [0.2, 0.25) is 0 Å². The third kappa shape index (κ3) is 3.60. The minimum absolute atomic E-state index is 0.0113. The predicted molar refractivity (Wildman–Crippen MR) is 104 cm³/mol. The topological polar surface area (TPSA) is 107 Å². The van der Waals surface area contributed by atoms with Gasteiger partial charge in [-0.15, -0.1) is 0 Å². The molecule has 1 aromatic heterocycles. The zero-order chi connectivity index (χ0) is 19.2. The molecule has 2 aromatic rings. The smallest absolute Gasteiger partial charge is 0.251 e. The monoisotopic (exact) mass is 390 g/mol. The van der Waals surface area contributed by atoms with E-state index >= 15 is 0 Å². The number of carbonyl (C=O) groups excluding carboxylic acids is 1. The van der Waals surface area contributed by atoms with Crippen molar-refractivity contribution in [1.29, 1.82) is 0 Å². The fraction of sp³-hybridized carbons (Fsp3) is 0.579. The van der Waals surface area contributed by atoms with Crippen molar-refractivity contribution in [2.24, 2.45) is 5.73 Å². The number of fused-ring (bicyclic) bond motifs is 1. The zero-order valence-corrected chi connectivity index (χ0v) is 16.3. The second-order valence-electron chi connectivity index (χ2n) is 7.82. The van der Waals surface area contributed by atoms with Crippen LogP contribution in [0.4, 0.5) is 0 Å². The summed E-state index contributed by atoms with van der Waals surface area (Å²) in [6, 6.07) is 5.39. The molecule has 146 valence electrons. The highest BCUT2D eigenvalue weighted by Crippen LogP contribution is 2.29. The second kappa shape index (κ2) is 6.91. The molecule has 1 saturated carbocycles. The van der Waals surface area contributed by atoms with Crippen molar-refractivity contribution in [3.05, 3.63) is 29.6 Å². The van der Waals surface area contributed by atoms with Crippen LogP contribution in [0.25, 0.3) is 11.0 Å². The Balaban J connectivity index is 1.59. The molecule has 1 aliphatic carbocycles. The van der Waals surface area contributed by atoms with Crippen molar-refractivity contribution in [3.8, 4) is 0 Å².